The van der Waals surface area contributed by atoms with Crippen LogP contribution in [0.1, 0.15) is 33.3 Å². The summed E-state index contributed by atoms with van der Waals surface area (Å²) in [5.41, 5.74) is 1.15. The fourth-order valence-corrected chi connectivity index (χ4v) is 6.30. The van der Waals surface area contributed by atoms with E-state index in [1.807, 2.05) is 42.2 Å². The molecular formula is C23H26BrN3O2. The van der Waals surface area contributed by atoms with Crippen molar-refractivity contribution in [3.63, 3.8) is 0 Å². The Morgan fingerprint density at radius 1 is 1.28 bits per heavy atom. The van der Waals surface area contributed by atoms with Crippen molar-refractivity contribution in [1.29, 1.82) is 0 Å². The highest BCUT2D eigenvalue weighted by Crippen LogP contribution is 2.59. The minimum atomic E-state index is -0.205. The number of amides is 1. The second-order valence-electron chi connectivity index (χ2n) is 9.50. The lowest BCUT2D eigenvalue weighted by molar-refractivity contribution is -0.208. The van der Waals surface area contributed by atoms with E-state index >= 15 is 0 Å². The number of hydrogen-bond acceptors (Lipinski definition) is 3. The summed E-state index contributed by atoms with van der Waals surface area (Å²) >= 11 is 3.44. The largest absolute Gasteiger partial charge is 0.489 e. The molecular weight excluding hydrogens is 430 g/mol. The topological polar surface area (TPSA) is 46.3 Å². The van der Waals surface area contributed by atoms with E-state index in [0.29, 0.717) is 12.2 Å². The molecule has 5 nitrogen and oxygen atoms in total. The molecule has 2 heterocycles. The number of likely N-dealkylation sites (tertiary alicyclic amines) is 1. The van der Waals surface area contributed by atoms with Crippen molar-refractivity contribution in [2.24, 2.45) is 21.7 Å². The summed E-state index contributed by atoms with van der Waals surface area (Å²) in [5.74, 6) is 0.779. The molecule has 0 radical (unpaired) electrons. The molecule has 1 aromatic carbocycles. The number of ether oxygens (including phenoxy) is 1. The van der Waals surface area contributed by atoms with Crippen LogP contribution in [0.4, 0.5) is 5.69 Å². The maximum atomic E-state index is 13.2. The average molecular weight is 456 g/mol. The fourth-order valence-electron chi connectivity index (χ4n) is 5.89. The van der Waals surface area contributed by atoms with Crippen LogP contribution >= 0.6 is 15.9 Å². The van der Waals surface area contributed by atoms with E-state index < -0.39 is 0 Å². The average Bonchev–Trinajstić information content (AvgIpc) is 2.94. The first-order valence-electron chi connectivity index (χ1n) is 9.94. The van der Waals surface area contributed by atoms with E-state index in [1.165, 1.54) is 0 Å². The van der Waals surface area contributed by atoms with E-state index in [1.54, 1.807) is 0 Å². The first-order chi connectivity index (χ1) is 13.6. The van der Waals surface area contributed by atoms with Crippen molar-refractivity contribution in [2.45, 2.75) is 52.8 Å². The van der Waals surface area contributed by atoms with Crippen LogP contribution < -0.4 is 4.74 Å². The van der Waals surface area contributed by atoms with Gasteiger partial charge in [0.05, 0.1) is 18.5 Å². The second-order valence-corrected chi connectivity index (χ2v) is 10.3. The minimum Gasteiger partial charge on any atom is -0.489 e. The van der Waals surface area contributed by atoms with Gasteiger partial charge in [-0.25, -0.2) is 4.85 Å². The van der Waals surface area contributed by atoms with Gasteiger partial charge >= 0.3 is 0 Å². The third-order valence-electron chi connectivity index (χ3n) is 6.71. The molecule has 1 aliphatic carbocycles. The van der Waals surface area contributed by atoms with Gasteiger partial charge in [0.15, 0.2) is 5.69 Å². The van der Waals surface area contributed by atoms with Crippen molar-refractivity contribution >= 4 is 32.1 Å². The van der Waals surface area contributed by atoms with E-state index in [9.17, 15) is 4.79 Å². The number of benzene rings is 1. The molecule has 2 atom stereocenters. The summed E-state index contributed by atoms with van der Waals surface area (Å²) in [6, 6.07) is 5.66. The lowest BCUT2D eigenvalue weighted by Gasteiger charge is -2.65. The van der Waals surface area contributed by atoms with Gasteiger partial charge < -0.3 is 9.64 Å². The SMILES string of the molecule is [C-]#[N+]c1ccc(OC2C(C)(C)C(N3CC4N=C(Br)C=CC4C3=O)C2(C)C)cc1C. The maximum Gasteiger partial charge on any atom is 0.232 e. The van der Waals surface area contributed by atoms with Crippen LogP contribution in [0.2, 0.25) is 0 Å². The molecule has 1 aromatic rings. The minimum absolute atomic E-state index is 0.0164. The van der Waals surface area contributed by atoms with Crippen LogP contribution in [0, 0.1) is 30.2 Å². The molecule has 2 unspecified atom stereocenters. The summed E-state index contributed by atoms with van der Waals surface area (Å²) in [7, 11) is 0. The van der Waals surface area contributed by atoms with Gasteiger partial charge in [0.1, 0.15) is 16.5 Å². The Kier molecular flexibility index (Phi) is 4.66. The normalized spacial score (nSPS) is 31.6. The van der Waals surface area contributed by atoms with Crippen LogP contribution in [-0.4, -0.2) is 40.2 Å². The lowest BCUT2D eigenvalue weighted by atomic mass is 9.49. The van der Waals surface area contributed by atoms with Crippen LogP contribution in [0.3, 0.4) is 0 Å². The number of dihydropyridines is 1. The first-order valence-corrected chi connectivity index (χ1v) is 10.7. The summed E-state index contributed by atoms with van der Waals surface area (Å²) in [4.78, 5) is 23.3. The van der Waals surface area contributed by atoms with Crippen LogP contribution in [0.15, 0.2) is 35.3 Å². The summed E-state index contributed by atoms with van der Waals surface area (Å²) < 4.78 is 7.24. The van der Waals surface area contributed by atoms with Crippen LogP contribution in [-0.2, 0) is 4.79 Å². The molecule has 6 heteroatoms. The Morgan fingerprint density at radius 2 is 1.97 bits per heavy atom. The standard InChI is InChI=1S/C23H26BrN3O2/c1-13-11-14(7-9-16(13)25-6)29-21-22(2,3)20(23(21,4)5)27-12-17-15(19(27)28)8-10-18(24)26-17/h7-11,15,17,20-21H,12H2,1-5H3. The van der Waals surface area contributed by atoms with E-state index in [-0.39, 0.29) is 40.8 Å². The molecule has 3 aliphatic rings. The summed E-state index contributed by atoms with van der Waals surface area (Å²) in [6.45, 7) is 18.5. The van der Waals surface area contributed by atoms with Gasteiger partial charge in [-0.3, -0.25) is 9.79 Å². The monoisotopic (exact) mass is 455 g/mol. The predicted octanol–water partition coefficient (Wildman–Crippen LogP) is 4.92. The van der Waals surface area contributed by atoms with Gasteiger partial charge in [-0.1, -0.05) is 39.8 Å². The molecule has 1 saturated heterocycles. The van der Waals surface area contributed by atoms with Crippen LogP contribution in [0.25, 0.3) is 4.85 Å². The van der Waals surface area contributed by atoms with E-state index in [4.69, 9.17) is 11.3 Å². The third-order valence-corrected chi connectivity index (χ3v) is 7.18. The Hall–Kier alpha value is -2.13. The fraction of sp³-hybridized carbons (Fsp3) is 0.522. The predicted molar refractivity (Wildman–Crippen MR) is 118 cm³/mol. The Labute approximate surface area is 180 Å². The number of nitrogens with zero attached hydrogens (tertiary/aromatic N) is 3. The number of fused-ring (bicyclic) bond motifs is 1. The maximum absolute atomic E-state index is 13.2. The zero-order valence-corrected chi connectivity index (χ0v) is 19.0. The number of aryl methyl sites for hydroxylation is 1. The van der Waals surface area contributed by atoms with Crippen molar-refractivity contribution in [3.8, 4) is 5.75 Å². The van der Waals surface area contributed by atoms with Gasteiger partial charge in [-0.15, -0.1) is 0 Å². The molecule has 2 aliphatic heterocycles. The van der Waals surface area contributed by atoms with Crippen LogP contribution in [0.5, 0.6) is 5.75 Å². The van der Waals surface area contributed by atoms with Gasteiger partial charge in [0.25, 0.3) is 0 Å². The molecule has 1 amide bonds. The quantitative estimate of drug-likeness (QED) is 0.607. The molecule has 4 rings (SSSR count). The van der Waals surface area contributed by atoms with Gasteiger partial charge in [0, 0.05) is 23.4 Å². The third kappa shape index (κ3) is 3.02. The number of carbonyl (C=O) groups excluding carboxylic acids is 1. The van der Waals surface area contributed by atoms with Gasteiger partial charge in [-0.05, 0) is 46.6 Å². The van der Waals surface area contributed by atoms with Crippen molar-refractivity contribution in [2.75, 3.05) is 6.54 Å². The zero-order chi connectivity index (χ0) is 21.1. The van der Waals surface area contributed by atoms with Crippen molar-refractivity contribution in [1.82, 2.24) is 4.90 Å². The Morgan fingerprint density at radius 3 is 2.59 bits per heavy atom. The Balaban J connectivity index is 1.57. The lowest BCUT2D eigenvalue weighted by Crippen LogP contribution is -2.75. The highest BCUT2D eigenvalue weighted by Gasteiger charge is 2.67. The second kappa shape index (κ2) is 6.70. The number of carbonyl (C=O) groups is 1. The van der Waals surface area contributed by atoms with Gasteiger partial charge in [0.2, 0.25) is 5.91 Å². The van der Waals surface area contributed by atoms with E-state index in [0.717, 1.165) is 15.9 Å². The smallest absolute Gasteiger partial charge is 0.232 e. The first kappa shape index (κ1) is 20.2. The molecule has 29 heavy (non-hydrogen) atoms. The van der Waals surface area contributed by atoms with Gasteiger partial charge in [-0.2, -0.15) is 0 Å². The zero-order valence-electron chi connectivity index (χ0n) is 17.4. The number of halogens is 1. The number of hydrogen-bond donors (Lipinski definition) is 0. The summed E-state index contributed by atoms with van der Waals surface area (Å²) in [6.07, 6.45) is 3.80. The molecule has 152 valence electrons. The van der Waals surface area contributed by atoms with Crippen molar-refractivity contribution in [3.05, 3.63) is 47.3 Å². The molecule has 0 spiro atoms. The molecule has 2 fully saturated rings. The number of rotatable bonds is 3. The van der Waals surface area contributed by atoms with E-state index in [2.05, 4.69) is 53.5 Å². The number of allylic oxidation sites excluding steroid dienone is 1. The van der Waals surface area contributed by atoms with Crippen molar-refractivity contribution < 1.29 is 9.53 Å². The number of aliphatic imine (C=N–C) groups is 1. The summed E-state index contributed by atoms with van der Waals surface area (Å²) in [5, 5.41) is 0. The molecule has 0 aromatic heterocycles. The molecule has 0 N–H and O–H groups in total. The highest BCUT2D eigenvalue weighted by molar-refractivity contribution is 9.18. The Bertz CT molecular complexity index is 957. The highest BCUT2D eigenvalue weighted by atomic mass is 79.9. The molecule has 0 bridgehead atoms. The molecule has 1 saturated carbocycles.